The molecule has 0 spiro atoms. The van der Waals surface area contributed by atoms with Gasteiger partial charge in [0.1, 0.15) is 11.8 Å². The lowest BCUT2D eigenvalue weighted by atomic mass is 10.1. The van der Waals surface area contributed by atoms with Gasteiger partial charge in [0.2, 0.25) is 11.8 Å². The first-order chi connectivity index (χ1) is 11.9. The van der Waals surface area contributed by atoms with E-state index in [4.69, 9.17) is 4.74 Å². The van der Waals surface area contributed by atoms with Gasteiger partial charge in [-0.15, -0.1) is 0 Å². The van der Waals surface area contributed by atoms with Crippen molar-refractivity contribution in [3.05, 3.63) is 24.3 Å². The van der Waals surface area contributed by atoms with Crippen molar-refractivity contribution < 1.29 is 14.3 Å². The number of nitrogens with zero attached hydrogens (tertiary/aromatic N) is 2. The largest absolute Gasteiger partial charge is 0.492 e. The fraction of sp³-hybridized carbons (Fsp3) is 0.579. The number of para-hydroxylation sites is 2. The zero-order valence-corrected chi connectivity index (χ0v) is 15.6. The second-order valence-corrected chi connectivity index (χ2v) is 6.60. The van der Waals surface area contributed by atoms with Crippen LogP contribution in [0.15, 0.2) is 24.3 Å². The van der Waals surface area contributed by atoms with Crippen LogP contribution in [0, 0.1) is 5.92 Å². The number of ether oxygens (including phenoxy) is 1. The molecule has 1 heterocycles. The van der Waals surface area contributed by atoms with Gasteiger partial charge in [-0.3, -0.25) is 9.59 Å². The van der Waals surface area contributed by atoms with Crippen molar-refractivity contribution >= 4 is 17.5 Å². The highest BCUT2D eigenvalue weighted by Crippen LogP contribution is 2.28. The molecule has 0 radical (unpaired) electrons. The number of hydrogen-bond acceptors (Lipinski definition) is 4. The Morgan fingerprint density at radius 3 is 2.36 bits per heavy atom. The Kier molecular flexibility index (Phi) is 6.67. The van der Waals surface area contributed by atoms with E-state index in [0.717, 1.165) is 24.5 Å². The molecule has 0 saturated carbocycles. The minimum Gasteiger partial charge on any atom is -0.492 e. The SMILES string of the molecule is CCOc1ccccc1N1CCN(C(=O)C(C)NC(=O)C(C)C)CC1. The van der Waals surface area contributed by atoms with Crippen molar-refractivity contribution in [2.75, 3.05) is 37.7 Å². The Morgan fingerprint density at radius 1 is 1.12 bits per heavy atom. The van der Waals surface area contributed by atoms with Crippen LogP contribution < -0.4 is 15.0 Å². The Hall–Kier alpha value is -2.24. The van der Waals surface area contributed by atoms with Crippen molar-refractivity contribution in [2.45, 2.75) is 33.7 Å². The van der Waals surface area contributed by atoms with Gasteiger partial charge in [0.15, 0.2) is 0 Å². The average molecular weight is 347 g/mol. The normalized spacial score (nSPS) is 15.9. The molecule has 1 aromatic carbocycles. The molecule has 6 heteroatoms. The van der Waals surface area contributed by atoms with Gasteiger partial charge in [0.05, 0.1) is 12.3 Å². The van der Waals surface area contributed by atoms with Crippen molar-refractivity contribution in [3.8, 4) is 5.75 Å². The van der Waals surface area contributed by atoms with Gasteiger partial charge in [0.25, 0.3) is 0 Å². The van der Waals surface area contributed by atoms with Crippen molar-refractivity contribution in [3.63, 3.8) is 0 Å². The van der Waals surface area contributed by atoms with Gasteiger partial charge in [-0.05, 0) is 26.0 Å². The summed E-state index contributed by atoms with van der Waals surface area (Å²) in [4.78, 5) is 28.4. The van der Waals surface area contributed by atoms with Crippen molar-refractivity contribution in [1.82, 2.24) is 10.2 Å². The van der Waals surface area contributed by atoms with Gasteiger partial charge in [-0.25, -0.2) is 0 Å². The summed E-state index contributed by atoms with van der Waals surface area (Å²) in [5.41, 5.74) is 1.07. The van der Waals surface area contributed by atoms with Gasteiger partial charge < -0.3 is 19.9 Å². The molecule has 6 nitrogen and oxygen atoms in total. The van der Waals surface area contributed by atoms with E-state index in [1.54, 1.807) is 6.92 Å². The molecular formula is C19H29N3O3. The first-order valence-electron chi connectivity index (χ1n) is 9.00. The van der Waals surface area contributed by atoms with Crippen LogP contribution in [0.25, 0.3) is 0 Å². The number of piperazine rings is 1. The van der Waals surface area contributed by atoms with Crippen LogP contribution in [0.1, 0.15) is 27.7 Å². The molecule has 1 N–H and O–H groups in total. The van der Waals surface area contributed by atoms with Crippen LogP contribution in [0.5, 0.6) is 5.75 Å². The van der Waals surface area contributed by atoms with Crippen LogP contribution in [-0.2, 0) is 9.59 Å². The highest BCUT2D eigenvalue weighted by atomic mass is 16.5. The highest BCUT2D eigenvalue weighted by Gasteiger charge is 2.27. The maximum Gasteiger partial charge on any atom is 0.244 e. The number of amides is 2. The molecule has 1 saturated heterocycles. The number of rotatable bonds is 6. The van der Waals surface area contributed by atoms with Gasteiger partial charge in [0, 0.05) is 32.1 Å². The molecule has 1 fully saturated rings. The summed E-state index contributed by atoms with van der Waals surface area (Å²) in [5, 5.41) is 2.78. The number of carbonyl (C=O) groups excluding carboxylic acids is 2. The van der Waals surface area contributed by atoms with E-state index >= 15 is 0 Å². The van der Waals surface area contributed by atoms with E-state index in [0.29, 0.717) is 19.7 Å². The minimum atomic E-state index is -0.489. The molecule has 25 heavy (non-hydrogen) atoms. The predicted octanol–water partition coefficient (Wildman–Crippen LogP) is 1.89. The van der Waals surface area contributed by atoms with Gasteiger partial charge in [-0.1, -0.05) is 26.0 Å². The van der Waals surface area contributed by atoms with Crippen LogP contribution in [-0.4, -0.2) is 55.5 Å². The number of benzene rings is 1. The Balaban J connectivity index is 1.93. The molecule has 2 rings (SSSR count). The molecule has 1 atom stereocenters. The molecule has 1 aliphatic rings. The average Bonchev–Trinajstić information content (AvgIpc) is 2.62. The number of nitrogens with one attached hydrogen (secondary N) is 1. The third-order valence-corrected chi connectivity index (χ3v) is 4.35. The number of carbonyl (C=O) groups is 2. The fourth-order valence-corrected chi connectivity index (χ4v) is 2.88. The van der Waals surface area contributed by atoms with E-state index in [-0.39, 0.29) is 17.7 Å². The lowest BCUT2D eigenvalue weighted by molar-refractivity contribution is -0.136. The minimum absolute atomic E-state index is 0.0215. The molecule has 138 valence electrons. The summed E-state index contributed by atoms with van der Waals surface area (Å²) in [7, 11) is 0. The van der Waals surface area contributed by atoms with Crippen LogP contribution in [0.4, 0.5) is 5.69 Å². The van der Waals surface area contributed by atoms with E-state index in [1.165, 1.54) is 0 Å². The van der Waals surface area contributed by atoms with Crippen molar-refractivity contribution in [2.24, 2.45) is 5.92 Å². The quantitative estimate of drug-likeness (QED) is 0.854. The Bertz CT molecular complexity index is 595. The monoisotopic (exact) mass is 347 g/mol. The van der Waals surface area contributed by atoms with E-state index < -0.39 is 6.04 Å². The Morgan fingerprint density at radius 2 is 1.76 bits per heavy atom. The van der Waals surface area contributed by atoms with Crippen molar-refractivity contribution in [1.29, 1.82) is 0 Å². The summed E-state index contributed by atoms with van der Waals surface area (Å²) < 4.78 is 5.70. The number of hydrogen-bond donors (Lipinski definition) is 1. The third-order valence-electron chi connectivity index (χ3n) is 4.35. The standard InChI is InChI=1S/C19H29N3O3/c1-5-25-17-9-7-6-8-16(17)21-10-12-22(13-11-21)19(24)15(4)20-18(23)14(2)3/h6-9,14-15H,5,10-13H2,1-4H3,(H,20,23). The highest BCUT2D eigenvalue weighted by molar-refractivity contribution is 5.88. The second kappa shape index (κ2) is 8.74. The maximum atomic E-state index is 12.5. The summed E-state index contributed by atoms with van der Waals surface area (Å²) in [6.07, 6.45) is 0. The summed E-state index contributed by atoms with van der Waals surface area (Å²) in [6, 6.07) is 7.50. The predicted molar refractivity (Wildman–Crippen MR) is 98.8 cm³/mol. The number of anilines is 1. The van der Waals surface area contributed by atoms with Crippen LogP contribution in [0.3, 0.4) is 0 Å². The maximum absolute atomic E-state index is 12.5. The molecule has 0 aliphatic carbocycles. The third kappa shape index (κ3) is 4.87. The van der Waals surface area contributed by atoms with Crippen LogP contribution >= 0.6 is 0 Å². The summed E-state index contributed by atoms with van der Waals surface area (Å²) in [6.45, 7) is 10.8. The zero-order valence-electron chi connectivity index (χ0n) is 15.6. The van der Waals surface area contributed by atoms with Gasteiger partial charge >= 0.3 is 0 Å². The lowest BCUT2D eigenvalue weighted by Gasteiger charge is -2.37. The molecule has 1 aliphatic heterocycles. The van der Waals surface area contributed by atoms with E-state index in [9.17, 15) is 9.59 Å². The lowest BCUT2D eigenvalue weighted by Crippen LogP contribution is -2.54. The fourth-order valence-electron chi connectivity index (χ4n) is 2.88. The smallest absolute Gasteiger partial charge is 0.244 e. The molecule has 0 aromatic heterocycles. The topological polar surface area (TPSA) is 61.9 Å². The van der Waals surface area contributed by atoms with E-state index in [2.05, 4.69) is 10.2 Å². The second-order valence-electron chi connectivity index (χ2n) is 6.60. The molecule has 0 bridgehead atoms. The van der Waals surface area contributed by atoms with E-state index in [1.807, 2.05) is 49.9 Å². The Labute approximate surface area is 150 Å². The molecule has 1 unspecified atom stereocenters. The molecule has 1 aromatic rings. The molecule has 2 amide bonds. The first-order valence-corrected chi connectivity index (χ1v) is 9.00. The zero-order chi connectivity index (χ0) is 18.4. The van der Waals surface area contributed by atoms with Gasteiger partial charge in [-0.2, -0.15) is 0 Å². The van der Waals surface area contributed by atoms with Crippen LogP contribution in [0.2, 0.25) is 0 Å². The summed E-state index contributed by atoms with van der Waals surface area (Å²) >= 11 is 0. The summed E-state index contributed by atoms with van der Waals surface area (Å²) in [5.74, 6) is 0.640. The molecular weight excluding hydrogens is 318 g/mol. The first kappa shape index (κ1) is 19.1.